The number of hydrogen-bond donors (Lipinski definition) is 1. The van der Waals surface area contributed by atoms with Gasteiger partial charge < -0.3 is 5.11 Å². The van der Waals surface area contributed by atoms with Gasteiger partial charge in [-0.05, 0) is 25.3 Å². The molecule has 0 saturated heterocycles. The highest BCUT2D eigenvalue weighted by Gasteiger charge is 2.19. The maximum Gasteiger partial charge on any atom is 0.316 e. The molecular weight excluding hydrogens is 248 g/mol. The number of nitrogens with zero attached hydrogens (tertiary/aromatic N) is 2. The van der Waals surface area contributed by atoms with Crippen LogP contribution < -0.4 is 0 Å². The van der Waals surface area contributed by atoms with E-state index in [0.29, 0.717) is 18.2 Å². The predicted octanol–water partition coefficient (Wildman–Crippen LogP) is 3.09. The summed E-state index contributed by atoms with van der Waals surface area (Å²) in [7, 11) is 0. The summed E-state index contributed by atoms with van der Waals surface area (Å²) in [5.74, 6) is -0.0393. The Morgan fingerprint density at radius 2 is 2.33 bits per heavy atom. The smallest absolute Gasteiger partial charge is 0.316 e. The zero-order valence-electron chi connectivity index (χ0n) is 10.7. The first-order chi connectivity index (χ1) is 8.70. The molecule has 1 fully saturated rings. The Hall–Kier alpha value is -0.970. The third kappa shape index (κ3) is 3.28. The summed E-state index contributed by atoms with van der Waals surface area (Å²) in [4.78, 5) is 10.9. The summed E-state index contributed by atoms with van der Waals surface area (Å²) in [6.45, 7) is 1.91. The second kappa shape index (κ2) is 6.27. The van der Waals surface area contributed by atoms with E-state index in [1.165, 1.54) is 37.4 Å². The number of carboxylic acid groups (broad SMARTS) is 1. The highest BCUT2D eigenvalue weighted by atomic mass is 32.2. The molecule has 0 spiro atoms. The van der Waals surface area contributed by atoms with Gasteiger partial charge in [0.1, 0.15) is 5.25 Å². The lowest BCUT2D eigenvalue weighted by Gasteiger charge is -2.09. The highest BCUT2D eigenvalue weighted by Crippen LogP contribution is 2.29. The van der Waals surface area contributed by atoms with E-state index in [4.69, 9.17) is 5.11 Å². The van der Waals surface area contributed by atoms with E-state index in [-0.39, 0.29) is 5.25 Å². The first-order valence-electron chi connectivity index (χ1n) is 6.59. The third-order valence-corrected chi connectivity index (χ3v) is 4.84. The van der Waals surface area contributed by atoms with Crippen LogP contribution in [0.1, 0.15) is 50.8 Å². The van der Waals surface area contributed by atoms with Crippen LogP contribution >= 0.6 is 11.8 Å². The van der Waals surface area contributed by atoms with Crippen molar-refractivity contribution >= 4 is 17.7 Å². The standard InChI is InChI=1S/C13H20N2O2S/c1-2-12(13(16)17)18-9-10-7-8-15(14-10)11-5-3-4-6-11/h7-8,11-12H,2-6,9H2,1H3,(H,16,17). The number of aliphatic carboxylic acids is 1. The van der Waals surface area contributed by atoms with Gasteiger partial charge in [-0.3, -0.25) is 9.48 Å². The lowest BCUT2D eigenvalue weighted by atomic mass is 10.3. The molecule has 0 amide bonds. The van der Waals surface area contributed by atoms with E-state index in [9.17, 15) is 4.79 Å². The normalized spacial score (nSPS) is 18.1. The zero-order chi connectivity index (χ0) is 13.0. The van der Waals surface area contributed by atoms with Gasteiger partial charge in [-0.15, -0.1) is 11.8 Å². The summed E-state index contributed by atoms with van der Waals surface area (Å²) in [6, 6.07) is 2.57. The summed E-state index contributed by atoms with van der Waals surface area (Å²) in [5.41, 5.74) is 0.992. The fourth-order valence-electron chi connectivity index (χ4n) is 2.38. The molecule has 1 unspecified atom stereocenters. The van der Waals surface area contributed by atoms with E-state index >= 15 is 0 Å². The quantitative estimate of drug-likeness (QED) is 0.861. The molecule has 1 aromatic rings. The Kier molecular flexibility index (Phi) is 4.69. The number of aromatic nitrogens is 2. The molecule has 4 nitrogen and oxygen atoms in total. The summed E-state index contributed by atoms with van der Waals surface area (Å²) in [6.07, 6.45) is 7.73. The molecule has 1 aromatic heterocycles. The van der Waals surface area contributed by atoms with E-state index < -0.39 is 5.97 Å². The molecule has 1 saturated carbocycles. The van der Waals surface area contributed by atoms with Crippen LogP contribution in [0.5, 0.6) is 0 Å². The molecule has 0 aromatic carbocycles. The van der Waals surface area contributed by atoms with Crippen molar-refractivity contribution in [3.63, 3.8) is 0 Å². The second-order valence-corrected chi connectivity index (χ2v) is 5.96. The van der Waals surface area contributed by atoms with Gasteiger partial charge in [0.2, 0.25) is 0 Å². The van der Waals surface area contributed by atoms with Gasteiger partial charge in [-0.2, -0.15) is 5.10 Å². The van der Waals surface area contributed by atoms with Crippen molar-refractivity contribution in [1.29, 1.82) is 0 Å². The Balaban J connectivity index is 1.88. The Morgan fingerprint density at radius 3 is 2.94 bits per heavy atom. The number of rotatable bonds is 6. The van der Waals surface area contributed by atoms with Crippen molar-refractivity contribution in [2.75, 3.05) is 0 Å². The maximum atomic E-state index is 10.9. The molecule has 100 valence electrons. The van der Waals surface area contributed by atoms with Gasteiger partial charge in [-0.25, -0.2) is 0 Å². The number of hydrogen-bond acceptors (Lipinski definition) is 3. The van der Waals surface area contributed by atoms with Crippen LogP contribution in [0.15, 0.2) is 12.3 Å². The van der Waals surface area contributed by atoms with Crippen LogP contribution in [-0.2, 0) is 10.5 Å². The minimum atomic E-state index is -0.724. The average Bonchev–Trinajstić information content (AvgIpc) is 2.99. The zero-order valence-corrected chi connectivity index (χ0v) is 11.5. The van der Waals surface area contributed by atoms with Crippen molar-refractivity contribution in [1.82, 2.24) is 9.78 Å². The third-order valence-electron chi connectivity index (χ3n) is 3.44. The average molecular weight is 268 g/mol. The van der Waals surface area contributed by atoms with Gasteiger partial charge in [0.15, 0.2) is 0 Å². The molecule has 1 aliphatic rings. The Bertz CT molecular complexity index is 399. The molecule has 1 N–H and O–H groups in total. The maximum absolute atomic E-state index is 10.9. The fourth-order valence-corrected chi connectivity index (χ4v) is 3.28. The summed E-state index contributed by atoms with van der Waals surface area (Å²) in [5, 5.41) is 13.2. The molecule has 0 aliphatic heterocycles. The lowest BCUT2D eigenvalue weighted by Crippen LogP contribution is -2.15. The number of carboxylic acids is 1. The van der Waals surface area contributed by atoms with Crippen LogP contribution in [-0.4, -0.2) is 26.1 Å². The molecular formula is C13H20N2O2S. The van der Waals surface area contributed by atoms with E-state index in [0.717, 1.165) is 5.69 Å². The highest BCUT2D eigenvalue weighted by molar-refractivity contribution is 7.99. The molecule has 1 atom stereocenters. The molecule has 5 heteroatoms. The molecule has 1 heterocycles. The van der Waals surface area contributed by atoms with Crippen molar-refractivity contribution in [2.24, 2.45) is 0 Å². The van der Waals surface area contributed by atoms with Crippen LogP contribution in [0, 0.1) is 0 Å². The summed E-state index contributed by atoms with van der Waals surface area (Å²) >= 11 is 1.46. The van der Waals surface area contributed by atoms with Crippen molar-refractivity contribution in [2.45, 2.75) is 56.1 Å². The monoisotopic (exact) mass is 268 g/mol. The summed E-state index contributed by atoms with van der Waals surface area (Å²) < 4.78 is 2.06. The molecule has 18 heavy (non-hydrogen) atoms. The van der Waals surface area contributed by atoms with Crippen LogP contribution in [0.3, 0.4) is 0 Å². The van der Waals surface area contributed by atoms with Gasteiger partial charge in [-0.1, -0.05) is 19.8 Å². The Labute approximate surface area is 112 Å². The van der Waals surface area contributed by atoms with Crippen LogP contribution in [0.4, 0.5) is 0 Å². The Morgan fingerprint density at radius 1 is 1.61 bits per heavy atom. The SMILES string of the molecule is CCC(SCc1ccn(C2CCCC2)n1)C(=O)O. The largest absolute Gasteiger partial charge is 0.480 e. The minimum Gasteiger partial charge on any atom is -0.480 e. The van der Waals surface area contributed by atoms with Crippen molar-refractivity contribution in [3.05, 3.63) is 18.0 Å². The van der Waals surface area contributed by atoms with Crippen LogP contribution in [0.2, 0.25) is 0 Å². The predicted molar refractivity (Wildman–Crippen MR) is 72.7 cm³/mol. The molecule has 0 radical (unpaired) electrons. The van der Waals surface area contributed by atoms with E-state index in [2.05, 4.69) is 9.78 Å². The van der Waals surface area contributed by atoms with Crippen molar-refractivity contribution in [3.8, 4) is 0 Å². The first-order valence-corrected chi connectivity index (χ1v) is 7.64. The van der Waals surface area contributed by atoms with E-state index in [1.54, 1.807) is 0 Å². The minimum absolute atomic E-state index is 0.318. The van der Waals surface area contributed by atoms with Crippen molar-refractivity contribution < 1.29 is 9.90 Å². The second-order valence-electron chi connectivity index (χ2n) is 4.77. The van der Waals surface area contributed by atoms with Gasteiger partial charge in [0.25, 0.3) is 0 Å². The van der Waals surface area contributed by atoms with Gasteiger partial charge in [0.05, 0.1) is 11.7 Å². The molecule has 1 aliphatic carbocycles. The molecule has 2 rings (SSSR count). The van der Waals surface area contributed by atoms with Crippen LogP contribution in [0.25, 0.3) is 0 Å². The number of thioether (sulfide) groups is 1. The molecule has 0 bridgehead atoms. The number of carbonyl (C=O) groups is 1. The van der Waals surface area contributed by atoms with Gasteiger partial charge in [0, 0.05) is 11.9 Å². The van der Waals surface area contributed by atoms with Gasteiger partial charge >= 0.3 is 5.97 Å². The first kappa shape index (κ1) is 13.5. The van der Waals surface area contributed by atoms with E-state index in [1.807, 2.05) is 19.2 Å². The topological polar surface area (TPSA) is 55.1 Å². The fraction of sp³-hybridized carbons (Fsp3) is 0.692. The lowest BCUT2D eigenvalue weighted by molar-refractivity contribution is -0.136.